The summed E-state index contributed by atoms with van der Waals surface area (Å²) in [5, 5.41) is 2.38. The SMILES string of the molecule is O=C(NCc1cc(F)ccc1F)c1ccc(F)c(S(=O)(=O)N2CCCCC2)c1. The highest BCUT2D eigenvalue weighted by atomic mass is 32.2. The van der Waals surface area contributed by atoms with Crippen LogP contribution in [0.25, 0.3) is 0 Å². The molecule has 150 valence electrons. The lowest BCUT2D eigenvalue weighted by Crippen LogP contribution is -2.36. The van der Waals surface area contributed by atoms with Crippen LogP contribution in [0.1, 0.15) is 35.2 Å². The Morgan fingerprint density at radius 3 is 2.36 bits per heavy atom. The number of hydrogen-bond donors (Lipinski definition) is 1. The molecular formula is C19H19F3N2O3S. The van der Waals surface area contributed by atoms with Gasteiger partial charge in [0.05, 0.1) is 0 Å². The van der Waals surface area contributed by atoms with E-state index in [4.69, 9.17) is 0 Å². The van der Waals surface area contributed by atoms with Crippen molar-refractivity contribution in [3.8, 4) is 0 Å². The number of carbonyl (C=O) groups is 1. The van der Waals surface area contributed by atoms with E-state index < -0.39 is 38.3 Å². The summed E-state index contributed by atoms with van der Waals surface area (Å²) in [5.41, 5.74) is -0.148. The molecule has 9 heteroatoms. The Bertz CT molecular complexity index is 990. The molecule has 1 heterocycles. The van der Waals surface area contributed by atoms with Crippen LogP contribution in [0.3, 0.4) is 0 Å². The quantitative estimate of drug-likeness (QED) is 0.820. The number of benzene rings is 2. The van der Waals surface area contributed by atoms with Gasteiger partial charge in [0, 0.05) is 30.8 Å². The van der Waals surface area contributed by atoms with Crippen molar-refractivity contribution in [2.24, 2.45) is 0 Å². The van der Waals surface area contributed by atoms with Crippen molar-refractivity contribution in [3.63, 3.8) is 0 Å². The van der Waals surface area contributed by atoms with Crippen LogP contribution in [0.5, 0.6) is 0 Å². The number of sulfonamides is 1. The highest BCUT2D eigenvalue weighted by Gasteiger charge is 2.29. The highest BCUT2D eigenvalue weighted by Crippen LogP contribution is 2.24. The van der Waals surface area contributed by atoms with E-state index in [1.165, 1.54) is 4.31 Å². The van der Waals surface area contributed by atoms with Gasteiger partial charge in [-0.1, -0.05) is 6.42 Å². The molecule has 2 aromatic rings. The zero-order valence-electron chi connectivity index (χ0n) is 14.9. The smallest absolute Gasteiger partial charge is 0.251 e. The molecule has 1 saturated heterocycles. The number of nitrogens with one attached hydrogen (secondary N) is 1. The number of hydrogen-bond acceptors (Lipinski definition) is 3. The molecule has 2 aromatic carbocycles. The number of amides is 1. The van der Waals surface area contributed by atoms with E-state index in [1.54, 1.807) is 0 Å². The van der Waals surface area contributed by atoms with E-state index >= 15 is 0 Å². The van der Waals surface area contributed by atoms with Gasteiger partial charge >= 0.3 is 0 Å². The Morgan fingerprint density at radius 1 is 0.964 bits per heavy atom. The predicted octanol–water partition coefficient (Wildman–Crippen LogP) is 3.21. The molecule has 0 radical (unpaired) electrons. The number of piperidine rings is 1. The molecule has 1 fully saturated rings. The largest absolute Gasteiger partial charge is 0.348 e. The second-order valence-electron chi connectivity index (χ2n) is 6.53. The van der Waals surface area contributed by atoms with Crippen LogP contribution in [0.15, 0.2) is 41.3 Å². The fourth-order valence-corrected chi connectivity index (χ4v) is 4.65. The summed E-state index contributed by atoms with van der Waals surface area (Å²) in [7, 11) is -4.06. The monoisotopic (exact) mass is 412 g/mol. The van der Waals surface area contributed by atoms with E-state index in [2.05, 4.69) is 5.32 Å². The fourth-order valence-electron chi connectivity index (χ4n) is 3.04. The molecule has 0 aromatic heterocycles. The topological polar surface area (TPSA) is 66.5 Å². The third-order valence-electron chi connectivity index (χ3n) is 4.57. The van der Waals surface area contributed by atoms with Crippen molar-refractivity contribution in [2.75, 3.05) is 13.1 Å². The van der Waals surface area contributed by atoms with Crippen LogP contribution >= 0.6 is 0 Å². The van der Waals surface area contributed by atoms with Crippen LogP contribution in [0.2, 0.25) is 0 Å². The maximum Gasteiger partial charge on any atom is 0.251 e. The van der Waals surface area contributed by atoms with Crippen molar-refractivity contribution in [3.05, 3.63) is 65.0 Å². The minimum atomic E-state index is -4.06. The van der Waals surface area contributed by atoms with E-state index in [9.17, 15) is 26.4 Å². The standard InChI is InChI=1S/C19H19F3N2O3S/c20-15-5-7-16(21)14(10-15)12-23-19(25)13-4-6-17(22)18(11-13)28(26,27)24-8-2-1-3-9-24/h4-7,10-11H,1-3,8-9,12H2,(H,23,25). The Kier molecular flexibility index (Phi) is 6.04. The summed E-state index contributed by atoms with van der Waals surface area (Å²) in [6.45, 7) is 0.308. The lowest BCUT2D eigenvalue weighted by molar-refractivity contribution is 0.0950. The Hall–Kier alpha value is -2.39. The average Bonchev–Trinajstić information content (AvgIpc) is 2.69. The molecule has 5 nitrogen and oxygen atoms in total. The predicted molar refractivity (Wildman–Crippen MR) is 96.5 cm³/mol. The molecule has 0 atom stereocenters. The molecule has 1 aliphatic rings. The fraction of sp³-hybridized carbons (Fsp3) is 0.316. The molecule has 1 amide bonds. The Morgan fingerprint density at radius 2 is 1.64 bits per heavy atom. The van der Waals surface area contributed by atoms with E-state index in [1.807, 2.05) is 0 Å². The third kappa shape index (κ3) is 4.36. The number of rotatable bonds is 5. The molecule has 0 aliphatic carbocycles. The normalized spacial score (nSPS) is 15.4. The molecule has 3 rings (SSSR count). The second-order valence-corrected chi connectivity index (χ2v) is 8.43. The van der Waals surface area contributed by atoms with Crippen LogP contribution < -0.4 is 5.32 Å². The van der Waals surface area contributed by atoms with Crippen molar-refractivity contribution >= 4 is 15.9 Å². The van der Waals surface area contributed by atoms with Gasteiger partial charge in [-0.25, -0.2) is 21.6 Å². The van der Waals surface area contributed by atoms with Crippen LogP contribution in [-0.2, 0) is 16.6 Å². The van der Waals surface area contributed by atoms with Gasteiger partial charge in [-0.15, -0.1) is 0 Å². The van der Waals surface area contributed by atoms with Gasteiger partial charge in [0.2, 0.25) is 10.0 Å². The van der Waals surface area contributed by atoms with Crippen molar-refractivity contribution in [2.45, 2.75) is 30.7 Å². The molecule has 1 N–H and O–H groups in total. The van der Waals surface area contributed by atoms with Gasteiger partial charge in [-0.3, -0.25) is 4.79 Å². The summed E-state index contributed by atoms with van der Waals surface area (Å²) in [6, 6.07) is 5.87. The lowest BCUT2D eigenvalue weighted by Gasteiger charge is -2.26. The minimum Gasteiger partial charge on any atom is -0.348 e. The van der Waals surface area contributed by atoms with Crippen LogP contribution in [0.4, 0.5) is 13.2 Å². The highest BCUT2D eigenvalue weighted by molar-refractivity contribution is 7.89. The molecule has 0 unspecified atom stereocenters. The number of nitrogens with zero attached hydrogens (tertiary/aromatic N) is 1. The minimum absolute atomic E-state index is 0.0587. The zero-order valence-corrected chi connectivity index (χ0v) is 15.7. The zero-order chi connectivity index (χ0) is 20.3. The molecule has 0 spiro atoms. The Labute approximate surface area is 161 Å². The first-order valence-corrected chi connectivity index (χ1v) is 10.2. The van der Waals surface area contributed by atoms with Gasteiger partial charge in [0.1, 0.15) is 22.3 Å². The van der Waals surface area contributed by atoms with Crippen LogP contribution in [0, 0.1) is 17.5 Å². The van der Waals surface area contributed by atoms with E-state index in [0.717, 1.165) is 42.8 Å². The molecule has 0 bridgehead atoms. The molecular weight excluding hydrogens is 393 g/mol. The van der Waals surface area contributed by atoms with Gasteiger partial charge < -0.3 is 5.32 Å². The third-order valence-corrected chi connectivity index (χ3v) is 6.49. The van der Waals surface area contributed by atoms with Crippen LogP contribution in [-0.4, -0.2) is 31.7 Å². The summed E-state index contributed by atoms with van der Waals surface area (Å²) < 4.78 is 67.7. The van der Waals surface area contributed by atoms with Gasteiger partial charge in [-0.05, 0) is 49.2 Å². The van der Waals surface area contributed by atoms with Crippen molar-refractivity contribution in [1.82, 2.24) is 9.62 Å². The first kappa shape index (κ1) is 20.3. The van der Waals surface area contributed by atoms with Crippen molar-refractivity contribution < 1.29 is 26.4 Å². The van der Waals surface area contributed by atoms with Crippen molar-refractivity contribution in [1.29, 1.82) is 0 Å². The summed E-state index contributed by atoms with van der Waals surface area (Å²) in [6.07, 6.45) is 2.30. The maximum absolute atomic E-state index is 14.2. The number of halogens is 3. The molecule has 28 heavy (non-hydrogen) atoms. The summed E-state index contributed by atoms with van der Waals surface area (Å²) >= 11 is 0. The first-order valence-electron chi connectivity index (χ1n) is 8.81. The second kappa shape index (κ2) is 8.32. The summed E-state index contributed by atoms with van der Waals surface area (Å²) in [4.78, 5) is 11.8. The Balaban J connectivity index is 1.80. The molecule has 0 saturated carbocycles. The average molecular weight is 412 g/mol. The molecule has 1 aliphatic heterocycles. The summed E-state index contributed by atoms with van der Waals surface area (Å²) in [5.74, 6) is -3.01. The van der Waals surface area contributed by atoms with Gasteiger partial charge in [0.25, 0.3) is 5.91 Å². The lowest BCUT2D eigenvalue weighted by atomic mass is 10.1. The van der Waals surface area contributed by atoms with E-state index in [0.29, 0.717) is 25.9 Å². The maximum atomic E-state index is 14.2. The number of carbonyl (C=O) groups excluding carboxylic acids is 1. The van der Waals surface area contributed by atoms with Gasteiger partial charge in [0.15, 0.2) is 0 Å². The van der Waals surface area contributed by atoms with E-state index in [-0.39, 0.29) is 17.7 Å². The van der Waals surface area contributed by atoms with Gasteiger partial charge in [-0.2, -0.15) is 4.31 Å². The first-order chi connectivity index (χ1) is 13.3.